The summed E-state index contributed by atoms with van der Waals surface area (Å²) in [7, 11) is -1.95. The SMILES string of the molecule is CN(C1CC1)[C@H]1CCCC[C@@H]1Nc1cc(F)c(S(=O)(=O)Nc2nccs2)cc1Cl. The van der Waals surface area contributed by atoms with Crippen molar-refractivity contribution in [2.24, 2.45) is 0 Å². The number of benzene rings is 1. The molecule has 2 aromatic rings. The van der Waals surface area contributed by atoms with Gasteiger partial charge in [-0.1, -0.05) is 24.4 Å². The first kappa shape index (κ1) is 20.8. The fourth-order valence-corrected chi connectivity index (χ4v) is 6.17. The largest absolute Gasteiger partial charge is 0.379 e. The summed E-state index contributed by atoms with van der Waals surface area (Å²) in [6.45, 7) is 0. The highest BCUT2D eigenvalue weighted by atomic mass is 35.5. The van der Waals surface area contributed by atoms with E-state index in [1.165, 1.54) is 31.5 Å². The lowest BCUT2D eigenvalue weighted by molar-refractivity contribution is 0.169. The minimum absolute atomic E-state index is 0.155. The number of likely N-dealkylation sites (N-methyl/N-ethyl adjacent to an activating group) is 1. The van der Waals surface area contributed by atoms with Crippen LogP contribution in [0.15, 0.2) is 28.6 Å². The smallest absolute Gasteiger partial charge is 0.266 e. The molecule has 0 amide bonds. The number of nitrogens with one attached hydrogen (secondary N) is 2. The third kappa shape index (κ3) is 4.68. The first-order valence-corrected chi connectivity index (χ1v) is 12.5. The van der Waals surface area contributed by atoms with Crippen LogP contribution in [0.25, 0.3) is 0 Å². The highest BCUT2D eigenvalue weighted by molar-refractivity contribution is 7.93. The molecule has 2 atom stereocenters. The number of rotatable bonds is 7. The molecule has 0 bridgehead atoms. The van der Waals surface area contributed by atoms with Crippen LogP contribution in [0, 0.1) is 5.82 Å². The molecule has 158 valence electrons. The predicted molar refractivity (Wildman–Crippen MR) is 115 cm³/mol. The van der Waals surface area contributed by atoms with E-state index < -0.39 is 20.7 Å². The molecule has 0 saturated heterocycles. The maximum atomic E-state index is 14.8. The van der Waals surface area contributed by atoms with E-state index in [1.54, 1.807) is 5.38 Å². The summed E-state index contributed by atoms with van der Waals surface area (Å²) in [6, 6.07) is 3.51. The normalized spacial score (nSPS) is 22.6. The quantitative estimate of drug-likeness (QED) is 0.636. The van der Waals surface area contributed by atoms with Crippen molar-refractivity contribution in [1.29, 1.82) is 0 Å². The van der Waals surface area contributed by atoms with Crippen LogP contribution in [0.4, 0.5) is 15.2 Å². The molecule has 6 nitrogen and oxygen atoms in total. The number of anilines is 2. The molecular weight excluding hydrogens is 435 g/mol. The zero-order chi connectivity index (χ0) is 20.6. The third-order valence-corrected chi connectivity index (χ3v) is 8.17. The highest BCUT2D eigenvalue weighted by Gasteiger charge is 2.36. The fourth-order valence-electron chi connectivity index (χ4n) is 4.01. The highest BCUT2D eigenvalue weighted by Crippen LogP contribution is 2.35. The Morgan fingerprint density at radius 2 is 2.00 bits per heavy atom. The van der Waals surface area contributed by atoms with Crippen LogP contribution in [-0.2, 0) is 10.0 Å². The van der Waals surface area contributed by atoms with E-state index in [2.05, 4.69) is 27.0 Å². The molecule has 0 radical (unpaired) electrons. The molecule has 0 aliphatic heterocycles. The molecule has 0 unspecified atom stereocenters. The van der Waals surface area contributed by atoms with Crippen molar-refractivity contribution in [3.05, 3.63) is 34.5 Å². The lowest BCUT2D eigenvalue weighted by Crippen LogP contribution is -2.48. The van der Waals surface area contributed by atoms with E-state index in [9.17, 15) is 12.8 Å². The minimum Gasteiger partial charge on any atom is -0.379 e. The van der Waals surface area contributed by atoms with Crippen LogP contribution in [0.5, 0.6) is 0 Å². The summed E-state index contributed by atoms with van der Waals surface area (Å²) in [6.07, 6.45) is 8.29. The molecule has 2 saturated carbocycles. The van der Waals surface area contributed by atoms with Gasteiger partial charge in [-0.2, -0.15) is 0 Å². The van der Waals surface area contributed by atoms with Gasteiger partial charge in [-0.3, -0.25) is 9.62 Å². The molecular formula is C19H24ClFN4O2S2. The molecule has 10 heteroatoms. The van der Waals surface area contributed by atoms with Gasteiger partial charge in [0.05, 0.1) is 10.7 Å². The predicted octanol–water partition coefficient (Wildman–Crippen LogP) is 4.55. The Bertz CT molecular complexity index is 967. The molecule has 2 fully saturated rings. The second-order valence-corrected chi connectivity index (χ2v) is 10.7. The van der Waals surface area contributed by atoms with Gasteiger partial charge in [0.1, 0.15) is 10.7 Å². The maximum absolute atomic E-state index is 14.8. The first-order chi connectivity index (χ1) is 13.8. The van der Waals surface area contributed by atoms with Gasteiger partial charge in [-0.15, -0.1) is 11.3 Å². The van der Waals surface area contributed by atoms with Gasteiger partial charge in [-0.25, -0.2) is 17.8 Å². The first-order valence-electron chi connectivity index (χ1n) is 9.75. The standard InChI is InChI=1S/C19H24ClFN4O2S2/c1-25(12-6-7-12)17-5-3-2-4-15(17)23-16-11-14(21)18(10-13(16)20)29(26,27)24-19-22-8-9-28-19/h8-12,15,17,23H,2-7H2,1H3,(H,22,24)/t15-,17-/m0/s1. The Balaban J connectivity index is 1.55. The Morgan fingerprint density at radius 3 is 2.69 bits per heavy atom. The molecule has 4 rings (SSSR count). The zero-order valence-corrected chi connectivity index (χ0v) is 18.5. The van der Waals surface area contributed by atoms with Gasteiger partial charge in [0.15, 0.2) is 5.13 Å². The Hall–Kier alpha value is -1.42. The molecule has 29 heavy (non-hydrogen) atoms. The van der Waals surface area contributed by atoms with Crippen LogP contribution in [-0.4, -0.2) is 43.5 Å². The number of sulfonamides is 1. The van der Waals surface area contributed by atoms with Gasteiger partial charge < -0.3 is 5.32 Å². The average molecular weight is 459 g/mol. The van der Waals surface area contributed by atoms with E-state index in [-0.39, 0.29) is 16.2 Å². The average Bonchev–Trinajstić information content (AvgIpc) is 3.42. The van der Waals surface area contributed by atoms with Crippen LogP contribution in [0.1, 0.15) is 38.5 Å². The fraction of sp³-hybridized carbons (Fsp3) is 0.526. The van der Waals surface area contributed by atoms with E-state index >= 15 is 0 Å². The summed E-state index contributed by atoms with van der Waals surface area (Å²) >= 11 is 7.48. The van der Waals surface area contributed by atoms with E-state index in [4.69, 9.17) is 11.6 Å². The Labute approximate surface area is 179 Å². The van der Waals surface area contributed by atoms with Gasteiger partial charge in [-0.05, 0) is 44.9 Å². The van der Waals surface area contributed by atoms with E-state index in [1.807, 2.05) is 0 Å². The van der Waals surface area contributed by atoms with Crippen LogP contribution in [0.3, 0.4) is 0 Å². The van der Waals surface area contributed by atoms with Crippen molar-refractivity contribution in [2.45, 2.75) is 61.5 Å². The van der Waals surface area contributed by atoms with E-state index in [0.717, 1.165) is 36.7 Å². The molecule has 2 aliphatic rings. The lowest BCUT2D eigenvalue weighted by Gasteiger charge is -2.39. The minimum atomic E-state index is -4.11. The van der Waals surface area contributed by atoms with Crippen LogP contribution in [0.2, 0.25) is 5.02 Å². The number of thiazole rings is 1. The molecule has 0 spiro atoms. The van der Waals surface area contributed by atoms with Crippen molar-refractivity contribution in [3.63, 3.8) is 0 Å². The summed E-state index contributed by atoms with van der Waals surface area (Å²) in [5.74, 6) is -0.844. The summed E-state index contributed by atoms with van der Waals surface area (Å²) < 4.78 is 42.1. The van der Waals surface area contributed by atoms with Crippen molar-refractivity contribution in [2.75, 3.05) is 17.1 Å². The molecule has 1 aromatic carbocycles. The number of aromatic nitrogens is 1. The number of nitrogens with zero attached hydrogens (tertiary/aromatic N) is 2. The van der Waals surface area contributed by atoms with Crippen molar-refractivity contribution in [3.8, 4) is 0 Å². The lowest BCUT2D eigenvalue weighted by atomic mass is 9.89. The number of halogens is 2. The third-order valence-electron chi connectivity index (χ3n) is 5.68. The van der Waals surface area contributed by atoms with Gasteiger partial charge >= 0.3 is 0 Å². The summed E-state index contributed by atoms with van der Waals surface area (Å²) in [5, 5.41) is 5.38. The van der Waals surface area contributed by atoms with Gasteiger partial charge in [0.25, 0.3) is 10.0 Å². The number of hydrogen-bond acceptors (Lipinski definition) is 6. The molecule has 1 heterocycles. The van der Waals surface area contributed by atoms with E-state index in [0.29, 0.717) is 17.8 Å². The van der Waals surface area contributed by atoms with Gasteiger partial charge in [0.2, 0.25) is 0 Å². The maximum Gasteiger partial charge on any atom is 0.266 e. The molecule has 2 aliphatic carbocycles. The van der Waals surface area contributed by atoms with Crippen molar-refractivity contribution < 1.29 is 12.8 Å². The summed E-state index contributed by atoms with van der Waals surface area (Å²) in [5.41, 5.74) is 0.429. The second kappa shape index (κ2) is 8.37. The Morgan fingerprint density at radius 1 is 1.24 bits per heavy atom. The van der Waals surface area contributed by atoms with Crippen molar-refractivity contribution >= 4 is 43.8 Å². The van der Waals surface area contributed by atoms with Crippen LogP contribution >= 0.6 is 22.9 Å². The topological polar surface area (TPSA) is 74.3 Å². The summed E-state index contributed by atoms with van der Waals surface area (Å²) in [4.78, 5) is 5.81. The monoisotopic (exact) mass is 458 g/mol. The van der Waals surface area contributed by atoms with Gasteiger partial charge in [0, 0.05) is 29.7 Å². The molecule has 2 N–H and O–H groups in total. The molecule has 1 aromatic heterocycles. The number of hydrogen-bond donors (Lipinski definition) is 2. The van der Waals surface area contributed by atoms with Crippen molar-refractivity contribution in [1.82, 2.24) is 9.88 Å². The second-order valence-electron chi connectivity index (χ2n) is 7.70. The van der Waals surface area contributed by atoms with Crippen LogP contribution < -0.4 is 10.0 Å². The Kier molecular flexibility index (Phi) is 6.02. The zero-order valence-electron chi connectivity index (χ0n) is 16.1.